The molecule has 3 nitrogen and oxygen atoms in total. The zero-order chi connectivity index (χ0) is 16.0. The highest BCUT2D eigenvalue weighted by molar-refractivity contribution is 9.10. The molecule has 0 aliphatic rings. The van der Waals surface area contributed by atoms with Gasteiger partial charge in [-0.25, -0.2) is 4.39 Å². The summed E-state index contributed by atoms with van der Waals surface area (Å²) in [5.74, 6) is -0.799. The van der Waals surface area contributed by atoms with Gasteiger partial charge in [0.15, 0.2) is 0 Å². The molecule has 0 bridgehead atoms. The van der Waals surface area contributed by atoms with Crippen LogP contribution in [0.3, 0.4) is 0 Å². The van der Waals surface area contributed by atoms with Crippen molar-refractivity contribution in [2.45, 2.75) is 39.7 Å². The number of ether oxygens (including phenoxy) is 1. The molecular weight excluding hydrogens is 337 g/mol. The molecule has 0 saturated carbocycles. The van der Waals surface area contributed by atoms with Crippen LogP contribution in [0.2, 0.25) is 0 Å². The Morgan fingerprint density at radius 1 is 1.38 bits per heavy atom. The van der Waals surface area contributed by atoms with E-state index in [0.29, 0.717) is 13.0 Å². The zero-order valence-corrected chi connectivity index (χ0v) is 14.6. The molecule has 0 fully saturated rings. The Morgan fingerprint density at radius 3 is 2.62 bits per heavy atom. The molecule has 21 heavy (non-hydrogen) atoms. The Labute approximate surface area is 134 Å². The number of anilines is 1. The summed E-state index contributed by atoms with van der Waals surface area (Å²) in [7, 11) is 1.60. The van der Waals surface area contributed by atoms with Crippen molar-refractivity contribution in [1.82, 2.24) is 0 Å². The van der Waals surface area contributed by atoms with E-state index in [-0.39, 0.29) is 23.6 Å². The maximum atomic E-state index is 13.9. The number of hydrogen-bond acceptors (Lipinski definition) is 2. The molecule has 0 saturated heterocycles. The fourth-order valence-electron chi connectivity index (χ4n) is 1.90. The fourth-order valence-corrected chi connectivity index (χ4v) is 2.25. The average molecular weight is 360 g/mol. The van der Waals surface area contributed by atoms with Crippen LogP contribution < -0.4 is 4.90 Å². The first-order valence-electron chi connectivity index (χ1n) is 7.24. The molecule has 2 atom stereocenters. The summed E-state index contributed by atoms with van der Waals surface area (Å²) in [4.78, 5) is 13.9. The van der Waals surface area contributed by atoms with E-state index in [1.54, 1.807) is 19.2 Å². The van der Waals surface area contributed by atoms with E-state index in [2.05, 4.69) is 15.9 Å². The van der Waals surface area contributed by atoms with Gasteiger partial charge in [0.05, 0.1) is 24.3 Å². The molecule has 1 aromatic rings. The fraction of sp³-hybridized carbons (Fsp3) is 0.562. The standard InChI is InChI=1S/C16H23BrFNO2/c1-5-11(3)21-10-12(6-2)16(20)19(4)15-9-13(17)7-8-14(15)18/h7-9,11-12H,5-6,10H2,1-4H3/t11?,12-/m0/s1. The summed E-state index contributed by atoms with van der Waals surface area (Å²) in [5.41, 5.74) is 0.274. The third kappa shape index (κ3) is 5.08. The first kappa shape index (κ1) is 18.1. The number of hydrogen-bond donors (Lipinski definition) is 0. The van der Waals surface area contributed by atoms with E-state index in [4.69, 9.17) is 4.74 Å². The molecule has 1 aromatic carbocycles. The van der Waals surface area contributed by atoms with Crippen LogP contribution in [0, 0.1) is 11.7 Å². The predicted molar refractivity (Wildman–Crippen MR) is 87.0 cm³/mol. The molecule has 1 rings (SSSR count). The Balaban J connectivity index is 2.81. The highest BCUT2D eigenvalue weighted by atomic mass is 79.9. The van der Waals surface area contributed by atoms with Gasteiger partial charge in [-0.2, -0.15) is 0 Å². The lowest BCUT2D eigenvalue weighted by atomic mass is 10.1. The van der Waals surface area contributed by atoms with Gasteiger partial charge in [0.25, 0.3) is 0 Å². The molecule has 1 amide bonds. The molecule has 0 spiro atoms. The van der Waals surface area contributed by atoms with Crippen molar-refractivity contribution >= 4 is 27.5 Å². The highest BCUT2D eigenvalue weighted by Gasteiger charge is 2.24. The van der Waals surface area contributed by atoms with Crippen molar-refractivity contribution in [2.24, 2.45) is 5.92 Å². The molecule has 0 aromatic heterocycles. The van der Waals surface area contributed by atoms with Gasteiger partial charge in [0, 0.05) is 11.5 Å². The summed E-state index contributed by atoms with van der Waals surface area (Å²) in [5, 5.41) is 0. The lowest BCUT2D eigenvalue weighted by molar-refractivity contribution is -0.124. The number of benzene rings is 1. The van der Waals surface area contributed by atoms with Gasteiger partial charge in [0.2, 0.25) is 5.91 Å². The van der Waals surface area contributed by atoms with Crippen LogP contribution in [-0.2, 0) is 9.53 Å². The summed E-state index contributed by atoms with van der Waals surface area (Å²) in [6.07, 6.45) is 1.69. The number of amides is 1. The smallest absolute Gasteiger partial charge is 0.232 e. The van der Waals surface area contributed by atoms with Gasteiger partial charge in [-0.15, -0.1) is 0 Å². The van der Waals surface area contributed by atoms with Crippen molar-refractivity contribution < 1.29 is 13.9 Å². The van der Waals surface area contributed by atoms with Gasteiger partial charge in [-0.3, -0.25) is 4.79 Å². The minimum atomic E-state index is -0.410. The van der Waals surface area contributed by atoms with Crippen LogP contribution in [0.25, 0.3) is 0 Å². The zero-order valence-electron chi connectivity index (χ0n) is 13.0. The van der Waals surface area contributed by atoms with Gasteiger partial charge in [-0.05, 0) is 38.0 Å². The van der Waals surface area contributed by atoms with E-state index in [9.17, 15) is 9.18 Å². The van der Waals surface area contributed by atoms with Crippen LogP contribution in [-0.4, -0.2) is 25.7 Å². The summed E-state index contributed by atoms with van der Waals surface area (Å²) in [6, 6.07) is 4.57. The highest BCUT2D eigenvalue weighted by Crippen LogP contribution is 2.25. The molecule has 0 aliphatic heterocycles. The average Bonchev–Trinajstić information content (AvgIpc) is 2.48. The SMILES string of the molecule is CCC(C)OC[C@H](CC)C(=O)N(C)c1cc(Br)ccc1F. The Kier molecular flexibility index (Phi) is 7.32. The van der Waals surface area contributed by atoms with E-state index >= 15 is 0 Å². The van der Waals surface area contributed by atoms with Gasteiger partial charge in [-0.1, -0.05) is 29.8 Å². The number of nitrogens with zero attached hydrogens (tertiary/aromatic N) is 1. The molecule has 0 aliphatic carbocycles. The second-order valence-electron chi connectivity index (χ2n) is 5.15. The van der Waals surface area contributed by atoms with Crippen molar-refractivity contribution in [3.05, 3.63) is 28.5 Å². The number of halogens is 2. The summed E-state index contributed by atoms with van der Waals surface area (Å²) >= 11 is 3.30. The van der Waals surface area contributed by atoms with E-state index in [1.165, 1.54) is 11.0 Å². The summed E-state index contributed by atoms with van der Waals surface area (Å²) < 4.78 is 20.3. The van der Waals surface area contributed by atoms with E-state index < -0.39 is 5.82 Å². The molecular formula is C16H23BrFNO2. The Bertz CT molecular complexity index is 481. The van der Waals surface area contributed by atoms with Crippen molar-refractivity contribution in [3.63, 3.8) is 0 Å². The minimum Gasteiger partial charge on any atom is -0.378 e. The lowest BCUT2D eigenvalue weighted by Gasteiger charge is -2.24. The molecule has 0 N–H and O–H groups in total. The number of carbonyl (C=O) groups is 1. The lowest BCUT2D eigenvalue weighted by Crippen LogP contribution is -2.36. The monoisotopic (exact) mass is 359 g/mol. The minimum absolute atomic E-state index is 0.125. The van der Waals surface area contributed by atoms with E-state index in [0.717, 1.165) is 10.9 Å². The maximum Gasteiger partial charge on any atom is 0.232 e. The van der Waals surface area contributed by atoms with Crippen LogP contribution in [0.5, 0.6) is 0 Å². The second-order valence-corrected chi connectivity index (χ2v) is 6.07. The van der Waals surface area contributed by atoms with Gasteiger partial charge < -0.3 is 9.64 Å². The molecule has 118 valence electrons. The van der Waals surface area contributed by atoms with Crippen molar-refractivity contribution in [1.29, 1.82) is 0 Å². The normalized spacial score (nSPS) is 13.8. The quantitative estimate of drug-likeness (QED) is 0.722. The van der Waals surface area contributed by atoms with Gasteiger partial charge in [0.1, 0.15) is 5.82 Å². The predicted octanol–water partition coefficient (Wildman–Crippen LogP) is 4.39. The second kappa shape index (κ2) is 8.49. The van der Waals surface area contributed by atoms with Crippen LogP contribution >= 0.6 is 15.9 Å². The Morgan fingerprint density at radius 2 is 2.05 bits per heavy atom. The van der Waals surface area contributed by atoms with Crippen LogP contribution in [0.1, 0.15) is 33.6 Å². The van der Waals surface area contributed by atoms with Crippen molar-refractivity contribution in [2.75, 3.05) is 18.6 Å². The van der Waals surface area contributed by atoms with Crippen LogP contribution in [0.4, 0.5) is 10.1 Å². The molecule has 5 heteroatoms. The van der Waals surface area contributed by atoms with Crippen LogP contribution in [0.15, 0.2) is 22.7 Å². The summed E-state index contributed by atoms with van der Waals surface area (Å²) in [6.45, 7) is 6.32. The van der Waals surface area contributed by atoms with Crippen molar-refractivity contribution in [3.8, 4) is 0 Å². The largest absolute Gasteiger partial charge is 0.378 e. The topological polar surface area (TPSA) is 29.5 Å². The van der Waals surface area contributed by atoms with E-state index in [1.807, 2.05) is 20.8 Å². The Hall–Kier alpha value is -0.940. The molecule has 1 unspecified atom stereocenters. The third-order valence-corrected chi connectivity index (χ3v) is 4.09. The first-order chi connectivity index (χ1) is 9.90. The third-order valence-electron chi connectivity index (χ3n) is 3.60. The molecule has 0 heterocycles. The maximum absolute atomic E-state index is 13.9. The van der Waals surface area contributed by atoms with Gasteiger partial charge >= 0.3 is 0 Å². The number of carbonyl (C=O) groups excluding carboxylic acids is 1. The molecule has 0 radical (unpaired) electrons. The number of rotatable bonds is 7. The first-order valence-corrected chi connectivity index (χ1v) is 8.04.